The van der Waals surface area contributed by atoms with E-state index in [0.717, 1.165) is 0 Å². The van der Waals surface area contributed by atoms with Gasteiger partial charge in [-0.2, -0.15) is 0 Å². The van der Waals surface area contributed by atoms with Gasteiger partial charge < -0.3 is 15.7 Å². The summed E-state index contributed by atoms with van der Waals surface area (Å²) in [6.07, 6.45) is -0.585. The van der Waals surface area contributed by atoms with Crippen LogP contribution >= 0.6 is 11.6 Å². The average molecular weight is 313 g/mol. The van der Waals surface area contributed by atoms with Crippen molar-refractivity contribution in [2.24, 2.45) is 5.92 Å². The molecule has 0 aliphatic heterocycles. The fourth-order valence-electron chi connectivity index (χ4n) is 1.62. The molecule has 1 unspecified atom stereocenters. The van der Waals surface area contributed by atoms with Gasteiger partial charge >= 0.3 is 0 Å². The molecule has 0 aromatic heterocycles. The van der Waals surface area contributed by atoms with E-state index in [2.05, 4.69) is 10.6 Å². The van der Waals surface area contributed by atoms with Crippen molar-refractivity contribution >= 4 is 23.4 Å². The van der Waals surface area contributed by atoms with Crippen molar-refractivity contribution in [3.63, 3.8) is 0 Å². The molecule has 21 heavy (non-hydrogen) atoms. The van der Waals surface area contributed by atoms with Crippen molar-refractivity contribution in [3.8, 4) is 0 Å². The molecule has 5 nitrogen and oxygen atoms in total. The van der Waals surface area contributed by atoms with Crippen LogP contribution in [0.15, 0.2) is 24.3 Å². The molecule has 0 heterocycles. The number of nitrogens with one attached hydrogen (secondary N) is 2. The van der Waals surface area contributed by atoms with Gasteiger partial charge in [0.2, 0.25) is 5.91 Å². The Bertz CT molecular complexity index is 492. The Labute approximate surface area is 129 Å². The highest BCUT2D eigenvalue weighted by Crippen LogP contribution is 2.14. The molecular weight excluding hydrogens is 292 g/mol. The molecule has 0 fully saturated rings. The Hall–Kier alpha value is -1.59. The van der Waals surface area contributed by atoms with Crippen LogP contribution in [0.5, 0.6) is 0 Å². The molecule has 0 bridgehead atoms. The molecule has 3 N–H and O–H groups in total. The molecule has 0 saturated carbocycles. The van der Waals surface area contributed by atoms with Gasteiger partial charge in [0.25, 0.3) is 5.91 Å². The number of benzene rings is 1. The number of amides is 2. The van der Waals surface area contributed by atoms with Gasteiger partial charge in [-0.25, -0.2) is 0 Å². The van der Waals surface area contributed by atoms with Crippen molar-refractivity contribution in [3.05, 3.63) is 34.9 Å². The van der Waals surface area contributed by atoms with Gasteiger partial charge in [0.1, 0.15) is 0 Å². The summed E-state index contributed by atoms with van der Waals surface area (Å²) >= 11 is 5.91. The van der Waals surface area contributed by atoms with Gasteiger partial charge in [0, 0.05) is 13.1 Å². The third kappa shape index (κ3) is 6.14. The molecule has 0 aliphatic rings. The van der Waals surface area contributed by atoms with E-state index >= 15 is 0 Å². The third-order valence-electron chi connectivity index (χ3n) is 3.02. The summed E-state index contributed by atoms with van der Waals surface area (Å²) in [5.41, 5.74) is 0.403. The summed E-state index contributed by atoms with van der Waals surface area (Å²) in [6.45, 7) is 4.30. The van der Waals surface area contributed by atoms with Gasteiger partial charge in [0.15, 0.2) is 0 Å². The minimum atomic E-state index is -0.650. The summed E-state index contributed by atoms with van der Waals surface area (Å²) in [5, 5.41) is 15.3. The van der Waals surface area contributed by atoms with Crippen LogP contribution in [0.3, 0.4) is 0 Å². The van der Waals surface area contributed by atoms with Gasteiger partial charge in [-0.15, -0.1) is 0 Å². The van der Waals surface area contributed by atoms with Gasteiger partial charge in [-0.05, 0) is 18.1 Å². The SMILES string of the molecule is CC(C)C(O)CC(=O)NCCNC(=O)c1ccccc1Cl. The minimum absolute atomic E-state index is 0.0377. The number of carbonyl (C=O) groups is 2. The van der Waals surface area contributed by atoms with Gasteiger partial charge in [0.05, 0.1) is 23.1 Å². The summed E-state index contributed by atoms with van der Waals surface area (Å²) in [6, 6.07) is 6.76. The summed E-state index contributed by atoms with van der Waals surface area (Å²) in [7, 11) is 0. The molecular formula is C15H21ClN2O3. The zero-order valence-corrected chi connectivity index (χ0v) is 13.0. The Morgan fingerprint density at radius 2 is 1.81 bits per heavy atom. The number of aliphatic hydroxyl groups is 1. The topological polar surface area (TPSA) is 78.4 Å². The van der Waals surface area contributed by atoms with Gasteiger partial charge in [-0.3, -0.25) is 9.59 Å². The molecule has 1 aromatic rings. The summed E-state index contributed by atoms with van der Waals surface area (Å²) < 4.78 is 0. The zero-order chi connectivity index (χ0) is 15.8. The number of rotatable bonds is 7. The lowest BCUT2D eigenvalue weighted by Crippen LogP contribution is -2.36. The van der Waals surface area contributed by atoms with Crippen LogP contribution in [0, 0.1) is 5.92 Å². The van der Waals surface area contributed by atoms with Crippen LogP contribution in [0.1, 0.15) is 30.6 Å². The van der Waals surface area contributed by atoms with Crippen LogP contribution in [0.25, 0.3) is 0 Å². The number of aliphatic hydroxyl groups excluding tert-OH is 1. The summed E-state index contributed by atoms with van der Waals surface area (Å²) in [4.78, 5) is 23.4. The first kappa shape index (κ1) is 17.5. The van der Waals surface area contributed by atoms with E-state index in [1.165, 1.54) is 0 Å². The van der Waals surface area contributed by atoms with Crippen LogP contribution in [0.4, 0.5) is 0 Å². The minimum Gasteiger partial charge on any atom is -0.392 e. The first-order valence-electron chi connectivity index (χ1n) is 6.89. The van der Waals surface area contributed by atoms with Crippen LogP contribution in [-0.4, -0.2) is 36.1 Å². The average Bonchev–Trinajstić information content (AvgIpc) is 2.43. The number of halogens is 1. The Kier molecular flexibility index (Phi) is 7.19. The lowest BCUT2D eigenvalue weighted by Gasteiger charge is -2.14. The van der Waals surface area contributed by atoms with E-state index in [9.17, 15) is 14.7 Å². The molecule has 1 aromatic carbocycles. The van der Waals surface area contributed by atoms with Crippen molar-refractivity contribution < 1.29 is 14.7 Å². The largest absolute Gasteiger partial charge is 0.392 e. The molecule has 1 atom stereocenters. The lowest BCUT2D eigenvalue weighted by atomic mass is 10.0. The highest BCUT2D eigenvalue weighted by molar-refractivity contribution is 6.33. The van der Waals surface area contributed by atoms with Crippen LogP contribution < -0.4 is 10.6 Å². The molecule has 116 valence electrons. The van der Waals surface area contributed by atoms with Crippen LogP contribution in [0.2, 0.25) is 5.02 Å². The predicted octanol–water partition coefficient (Wildman–Crippen LogP) is 1.59. The smallest absolute Gasteiger partial charge is 0.252 e. The fraction of sp³-hybridized carbons (Fsp3) is 0.467. The fourth-order valence-corrected chi connectivity index (χ4v) is 1.84. The van der Waals surface area contributed by atoms with E-state index in [1.807, 2.05) is 13.8 Å². The number of hydrogen-bond donors (Lipinski definition) is 3. The highest BCUT2D eigenvalue weighted by Gasteiger charge is 2.14. The van der Waals surface area contributed by atoms with E-state index in [-0.39, 0.29) is 24.2 Å². The first-order valence-corrected chi connectivity index (χ1v) is 7.27. The van der Waals surface area contributed by atoms with Crippen LogP contribution in [-0.2, 0) is 4.79 Å². The normalized spacial score (nSPS) is 12.0. The van der Waals surface area contributed by atoms with E-state index in [0.29, 0.717) is 23.7 Å². The van der Waals surface area contributed by atoms with Crippen molar-refractivity contribution in [1.82, 2.24) is 10.6 Å². The van der Waals surface area contributed by atoms with Crippen molar-refractivity contribution in [1.29, 1.82) is 0 Å². The first-order chi connectivity index (χ1) is 9.91. The molecule has 0 aliphatic carbocycles. The van der Waals surface area contributed by atoms with E-state index in [1.54, 1.807) is 24.3 Å². The van der Waals surface area contributed by atoms with E-state index in [4.69, 9.17) is 11.6 Å². The zero-order valence-electron chi connectivity index (χ0n) is 12.2. The third-order valence-corrected chi connectivity index (χ3v) is 3.34. The summed E-state index contributed by atoms with van der Waals surface area (Å²) in [5.74, 6) is -0.476. The molecule has 1 rings (SSSR count). The lowest BCUT2D eigenvalue weighted by molar-refractivity contribution is -0.123. The Morgan fingerprint density at radius 1 is 1.19 bits per heavy atom. The van der Waals surface area contributed by atoms with Gasteiger partial charge in [-0.1, -0.05) is 37.6 Å². The maximum Gasteiger partial charge on any atom is 0.252 e. The number of hydrogen-bond acceptors (Lipinski definition) is 3. The maximum absolute atomic E-state index is 11.8. The Balaban J connectivity index is 2.27. The molecule has 0 saturated heterocycles. The van der Waals surface area contributed by atoms with Crippen molar-refractivity contribution in [2.45, 2.75) is 26.4 Å². The second-order valence-corrected chi connectivity index (χ2v) is 5.51. The predicted molar refractivity (Wildman–Crippen MR) is 82.3 cm³/mol. The van der Waals surface area contributed by atoms with Crippen molar-refractivity contribution in [2.75, 3.05) is 13.1 Å². The standard InChI is InChI=1S/C15H21ClN2O3/c1-10(2)13(19)9-14(20)17-7-8-18-15(21)11-5-3-4-6-12(11)16/h3-6,10,13,19H,7-9H2,1-2H3,(H,17,20)(H,18,21). The molecule has 6 heteroatoms. The number of carbonyl (C=O) groups excluding carboxylic acids is 2. The highest BCUT2D eigenvalue weighted by atomic mass is 35.5. The van der Waals surface area contributed by atoms with E-state index < -0.39 is 6.10 Å². The Morgan fingerprint density at radius 3 is 2.43 bits per heavy atom. The second kappa shape index (κ2) is 8.64. The molecule has 2 amide bonds. The second-order valence-electron chi connectivity index (χ2n) is 5.10. The monoisotopic (exact) mass is 312 g/mol. The molecule has 0 radical (unpaired) electrons. The molecule has 0 spiro atoms. The quantitative estimate of drug-likeness (QED) is 0.669. The maximum atomic E-state index is 11.8.